The van der Waals surface area contributed by atoms with Crippen molar-refractivity contribution in [1.82, 2.24) is 0 Å². The number of aldehydes is 1. The lowest BCUT2D eigenvalue weighted by Crippen LogP contribution is -1.89. The minimum atomic E-state index is 0.759. The van der Waals surface area contributed by atoms with E-state index < -0.39 is 0 Å². The van der Waals surface area contributed by atoms with Crippen LogP contribution in [0, 0.1) is 6.92 Å². The van der Waals surface area contributed by atoms with Gasteiger partial charge in [-0.25, -0.2) is 0 Å². The summed E-state index contributed by atoms with van der Waals surface area (Å²) in [4.78, 5) is 14.5. The highest BCUT2D eigenvalue weighted by atomic mass is 32.2. The molecule has 0 aliphatic carbocycles. The van der Waals surface area contributed by atoms with Gasteiger partial charge in [0.15, 0.2) is 6.29 Å². The van der Waals surface area contributed by atoms with Crippen molar-refractivity contribution in [2.45, 2.75) is 21.6 Å². The molecule has 0 bridgehead atoms. The van der Waals surface area contributed by atoms with Gasteiger partial charge in [-0.3, -0.25) is 4.79 Å². The first-order chi connectivity index (χ1) is 8.76. The third-order valence-electron chi connectivity index (χ3n) is 2.66. The predicted molar refractivity (Wildman–Crippen MR) is 78.9 cm³/mol. The molecule has 0 saturated heterocycles. The van der Waals surface area contributed by atoms with Crippen LogP contribution >= 0.6 is 23.5 Å². The van der Waals surface area contributed by atoms with E-state index in [4.69, 9.17) is 0 Å². The van der Waals surface area contributed by atoms with Gasteiger partial charge in [-0.05, 0) is 30.9 Å². The van der Waals surface area contributed by atoms with Gasteiger partial charge in [-0.15, -0.1) is 11.8 Å². The largest absolute Gasteiger partial charge is 0.298 e. The summed E-state index contributed by atoms with van der Waals surface area (Å²) in [5.41, 5.74) is 1.99. The lowest BCUT2D eigenvalue weighted by atomic mass is 10.2. The first kappa shape index (κ1) is 13.2. The molecule has 0 aliphatic rings. The molecule has 0 spiro atoms. The summed E-state index contributed by atoms with van der Waals surface area (Å²) >= 11 is 3.33. The van der Waals surface area contributed by atoms with Gasteiger partial charge in [0, 0.05) is 20.2 Å². The van der Waals surface area contributed by atoms with Crippen molar-refractivity contribution < 1.29 is 4.79 Å². The van der Waals surface area contributed by atoms with Crippen LogP contribution in [0.3, 0.4) is 0 Å². The number of aryl methyl sites for hydroxylation is 1. The Morgan fingerprint density at radius 2 is 1.72 bits per heavy atom. The fourth-order valence-corrected chi connectivity index (χ4v) is 3.57. The summed E-state index contributed by atoms with van der Waals surface area (Å²) in [5.74, 6) is 0. The maximum atomic E-state index is 11.1. The maximum absolute atomic E-state index is 11.1. The quantitative estimate of drug-likeness (QED) is 0.595. The van der Waals surface area contributed by atoms with Crippen LogP contribution in [0.1, 0.15) is 15.9 Å². The Kier molecular flexibility index (Phi) is 4.50. The number of benzene rings is 2. The number of carbonyl (C=O) groups is 1. The molecule has 1 nitrogen and oxygen atoms in total. The molecule has 2 aromatic carbocycles. The van der Waals surface area contributed by atoms with E-state index in [-0.39, 0.29) is 0 Å². The maximum Gasteiger partial charge on any atom is 0.151 e. The zero-order chi connectivity index (χ0) is 13.0. The molecular formula is C15H14OS2. The van der Waals surface area contributed by atoms with E-state index in [9.17, 15) is 4.79 Å². The monoisotopic (exact) mass is 274 g/mol. The fourth-order valence-electron chi connectivity index (χ4n) is 1.68. The topological polar surface area (TPSA) is 17.1 Å². The van der Waals surface area contributed by atoms with Crippen LogP contribution in [0.25, 0.3) is 0 Å². The highest BCUT2D eigenvalue weighted by molar-refractivity contribution is 8.02. The third kappa shape index (κ3) is 2.79. The van der Waals surface area contributed by atoms with Gasteiger partial charge >= 0.3 is 0 Å². The van der Waals surface area contributed by atoms with Crippen LogP contribution in [-0.2, 0) is 0 Å². The van der Waals surface area contributed by atoms with E-state index in [0.29, 0.717) is 0 Å². The summed E-state index contributed by atoms with van der Waals surface area (Å²) in [7, 11) is 0. The van der Waals surface area contributed by atoms with Crippen molar-refractivity contribution in [2.75, 3.05) is 6.26 Å². The van der Waals surface area contributed by atoms with Crippen LogP contribution in [0.2, 0.25) is 0 Å². The Bertz CT molecular complexity index is 564. The van der Waals surface area contributed by atoms with Gasteiger partial charge in [0.2, 0.25) is 0 Å². The lowest BCUT2D eigenvalue weighted by molar-refractivity contribution is 0.112. The standard InChI is InChI=1S/C15H14OS2/c1-11-6-3-4-8-13(11)18-15-12(10-16)7-5-9-14(15)17-2/h3-10H,1-2H3. The minimum absolute atomic E-state index is 0.759. The molecule has 18 heavy (non-hydrogen) atoms. The SMILES string of the molecule is CSc1cccc(C=O)c1Sc1ccccc1C. The van der Waals surface area contributed by atoms with E-state index in [1.54, 1.807) is 23.5 Å². The predicted octanol–water partition coefficient (Wildman–Crippen LogP) is 4.68. The molecule has 0 amide bonds. The average Bonchev–Trinajstić information content (AvgIpc) is 2.41. The lowest BCUT2D eigenvalue weighted by Gasteiger charge is -2.11. The van der Waals surface area contributed by atoms with Gasteiger partial charge in [0.25, 0.3) is 0 Å². The Morgan fingerprint density at radius 3 is 2.39 bits per heavy atom. The van der Waals surface area contributed by atoms with Gasteiger partial charge in [-0.1, -0.05) is 42.1 Å². The molecule has 2 aromatic rings. The summed E-state index contributed by atoms with van der Waals surface area (Å²) in [6.07, 6.45) is 2.96. The van der Waals surface area contributed by atoms with Gasteiger partial charge < -0.3 is 0 Å². The molecule has 0 atom stereocenters. The van der Waals surface area contributed by atoms with Crippen molar-refractivity contribution in [3.05, 3.63) is 53.6 Å². The number of rotatable bonds is 4. The highest BCUT2D eigenvalue weighted by Gasteiger charge is 2.10. The normalized spacial score (nSPS) is 10.3. The Morgan fingerprint density at radius 1 is 1.00 bits per heavy atom. The second-order valence-corrected chi connectivity index (χ2v) is 5.76. The van der Waals surface area contributed by atoms with E-state index in [0.717, 1.165) is 21.6 Å². The molecule has 0 unspecified atom stereocenters. The van der Waals surface area contributed by atoms with Crippen LogP contribution in [-0.4, -0.2) is 12.5 Å². The summed E-state index contributed by atoms with van der Waals surface area (Å²) in [6.45, 7) is 2.09. The second-order valence-electron chi connectivity index (χ2n) is 3.86. The molecular weight excluding hydrogens is 260 g/mol. The second kappa shape index (κ2) is 6.12. The third-order valence-corrected chi connectivity index (χ3v) is 4.91. The van der Waals surface area contributed by atoms with Crippen molar-refractivity contribution >= 4 is 29.8 Å². The summed E-state index contributed by atoms with van der Waals surface area (Å²) < 4.78 is 0. The first-order valence-corrected chi connectivity index (χ1v) is 7.66. The molecule has 0 N–H and O–H groups in total. The Balaban J connectivity index is 2.45. The van der Waals surface area contributed by atoms with Crippen molar-refractivity contribution in [1.29, 1.82) is 0 Å². The smallest absolute Gasteiger partial charge is 0.151 e. The highest BCUT2D eigenvalue weighted by Crippen LogP contribution is 2.38. The Labute approximate surface area is 116 Å². The molecule has 0 aromatic heterocycles. The summed E-state index contributed by atoms with van der Waals surface area (Å²) in [6, 6.07) is 14.1. The molecule has 2 rings (SSSR count). The molecule has 0 aliphatic heterocycles. The fraction of sp³-hybridized carbons (Fsp3) is 0.133. The Hall–Kier alpha value is -1.19. The van der Waals surface area contributed by atoms with E-state index in [1.807, 2.05) is 30.5 Å². The van der Waals surface area contributed by atoms with E-state index >= 15 is 0 Å². The zero-order valence-electron chi connectivity index (χ0n) is 10.3. The van der Waals surface area contributed by atoms with Crippen LogP contribution in [0.4, 0.5) is 0 Å². The minimum Gasteiger partial charge on any atom is -0.298 e. The molecule has 0 saturated carbocycles. The van der Waals surface area contributed by atoms with Gasteiger partial charge in [0.1, 0.15) is 0 Å². The van der Waals surface area contributed by atoms with E-state index in [1.165, 1.54) is 10.5 Å². The molecule has 0 heterocycles. The number of carbonyl (C=O) groups excluding carboxylic acids is 1. The zero-order valence-corrected chi connectivity index (χ0v) is 12.0. The number of hydrogen-bond donors (Lipinski definition) is 0. The molecule has 3 heteroatoms. The van der Waals surface area contributed by atoms with Crippen LogP contribution in [0.15, 0.2) is 57.2 Å². The van der Waals surface area contributed by atoms with Crippen molar-refractivity contribution in [2.24, 2.45) is 0 Å². The molecule has 0 radical (unpaired) electrons. The number of hydrogen-bond acceptors (Lipinski definition) is 3. The van der Waals surface area contributed by atoms with Crippen molar-refractivity contribution in [3.8, 4) is 0 Å². The van der Waals surface area contributed by atoms with E-state index in [2.05, 4.69) is 25.1 Å². The first-order valence-electron chi connectivity index (χ1n) is 5.62. The molecule has 0 fully saturated rings. The average molecular weight is 274 g/mol. The molecule has 92 valence electrons. The van der Waals surface area contributed by atoms with Gasteiger partial charge in [0.05, 0.1) is 0 Å². The number of thioether (sulfide) groups is 1. The van der Waals surface area contributed by atoms with Crippen molar-refractivity contribution in [3.63, 3.8) is 0 Å². The summed E-state index contributed by atoms with van der Waals surface area (Å²) in [5, 5.41) is 0. The van der Waals surface area contributed by atoms with Gasteiger partial charge in [-0.2, -0.15) is 0 Å². The van der Waals surface area contributed by atoms with Crippen LogP contribution in [0.5, 0.6) is 0 Å². The van der Waals surface area contributed by atoms with Crippen LogP contribution < -0.4 is 0 Å².